The van der Waals surface area contributed by atoms with Gasteiger partial charge in [-0.2, -0.15) is 0 Å². The van der Waals surface area contributed by atoms with E-state index in [1.807, 2.05) is 38.0 Å². The Morgan fingerprint density at radius 2 is 0.865 bits per heavy atom. The van der Waals surface area contributed by atoms with Crippen molar-refractivity contribution >= 4 is 29.6 Å². The number of rotatable bonds is 12. The molecule has 2 aliphatic carbocycles. The van der Waals surface area contributed by atoms with E-state index in [-0.39, 0.29) is 75.5 Å². The van der Waals surface area contributed by atoms with Gasteiger partial charge in [-0.1, -0.05) is 0 Å². The summed E-state index contributed by atoms with van der Waals surface area (Å²) in [4.78, 5) is 61.3. The predicted octanol–water partition coefficient (Wildman–Crippen LogP) is 2.81. The molecule has 0 spiro atoms. The van der Waals surface area contributed by atoms with Gasteiger partial charge < -0.3 is 50.4 Å². The van der Waals surface area contributed by atoms with E-state index in [2.05, 4.69) is 16.0 Å². The molecule has 0 bridgehead atoms. The minimum atomic E-state index is -0.728. The van der Waals surface area contributed by atoms with Crippen LogP contribution in [0.4, 0.5) is 0 Å². The molecule has 52 heavy (non-hydrogen) atoms. The van der Waals surface area contributed by atoms with Crippen LogP contribution in [0.3, 0.4) is 0 Å². The maximum Gasteiger partial charge on any atom is 0.255 e. The quantitative estimate of drug-likeness (QED) is 0.188. The number of nitrogens with one attached hydrogen (secondary N) is 3. The Morgan fingerprint density at radius 3 is 1.17 bits per heavy atom. The van der Waals surface area contributed by atoms with E-state index in [4.69, 9.17) is 29.7 Å². The highest BCUT2D eigenvalue weighted by atomic mass is 16.5. The second-order valence-corrected chi connectivity index (χ2v) is 13.6. The van der Waals surface area contributed by atoms with Gasteiger partial charge in [0.05, 0.1) is 56.7 Å². The summed E-state index contributed by atoms with van der Waals surface area (Å²) in [6.07, 6.45) is 5.67. The third-order valence-corrected chi connectivity index (χ3v) is 9.57. The Morgan fingerprint density at radius 1 is 0.558 bits per heavy atom. The highest BCUT2D eigenvalue weighted by molar-refractivity contribution is 6.04. The summed E-state index contributed by atoms with van der Waals surface area (Å²) < 4.78 is 21.7. The van der Waals surface area contributed by atoms with E-state index in [9.17, 15) is 19.2 Å². The molecular weight excluding hydrogens is 670 g/mol. The Balaban J connectivity index is 1.37. The molecule has 0 saturated heterocycles. The Hall–Kier alpha value is -5.21. The lowest BCUT2D eigenvalue weighted by atomic mass is 9.90. The molecule has 2 fully saturated rings. The molecule has 0 aliphatic heterocycles. The van der Waals surface area contributed by atoms with Gasteiger partial charge in [-0.05, 0) is 63.5 Å². The van der Waals surface area contributed by atoms with Gasteiger partial charge in [0.15, 0.2) is 5.96 Å². The number of aliphatic imine (C=N–C) groups is 1. The average Bonchev–Trinajstić information content (AvgIpc) is 3.13. The van der Waals surface area contributed by atoms with E-state index in [1.165, 1.54) is 46.6 Å². The first kappa shape index (κ1) is 39.6. The third kappa shape index (κ3) is 9.56. The van der Waals surface area contributed by atoms with Crippen LogP contribution in [0.2, 0.25) is 0 Å². The van der Waals surface area contributed by atoms with Crippen LogP contribution in [0.5, 0.6) is 23.0 Å². The van der Waals surface area contributed by atoms with E-state index in [0.29, 0.717) is 31.4 Å². The number of benzene rings is 2. The van der Waals surface area contributed by atoms with Crippen LogP contribution in [0, 0.1) is 0 Å². The highest BCUT2D eigenvalue weighted by Crippen LogP contribution is 2.32. The van der Waals surface area contributed by atoms with Crippen LogP contribution in [0.15, 0.2) is 29.3 Å². The number of amides is 4. The number of hydrogen-bond acceptors (Lipinski definition) is 9. The first-order chi connectivity index (χ1) is 24.8. The summed E-state index contributed by atoms with van der Waals surface area (Å²) in [7, 11) is 13.7. The van der Waals surface area contributed by atoms with Crippen LogP contribution in [0.1, 0.15) is 92.8 Å². The van der Waals surface area contributed by atoms with E-state index in [1.54, 1.807) is 6.07 Å². The summed E-state index contributed by atoms with van der Waals surface area (Å²) in [5, 5.41) is 9.22. The summed E-state index contributed by atoms with van der Waals surface area (Å²) in [6, 6.07) is 5.72. The number of carbonyl (C=O) groups is 4. The molecule has 2 saturated carbocycles. The number of primary amides is 1. The van der Waals surface area contributed by atoms with Crippen molar-refractivity contribution in [3.8, 4) is 23.0 Å². The fourth-order valence-corrected chi connectivity index (χ4v) is 6.84. The van der Waals surface area contributed by atoms with E-state index in [0.717, 1.165) is 31.6 Å². The number of guanidine groups is 1. The fraction of sp³-hybridized carbons (Fsp3) is 0.541. The number of carbonyl (C=O) groups excluding carboxylic acids is 4. The molecule has 4 amide bonds. The Kier molecular flexibility index (Phi) is 13.6. The number of ether oxygens (including phenoxy) is 4. The summed E-state index contributed by atoms with van der Waals surface area (Å²) in [6.45, 7) is 0. The topological polar surface area (TPSA) is 186 Å². The largest absolute Gasteiger partial charge is 0.496 e. The first-order valence-corrected chi connectivity index (χ1v) is 17.5. The number of methoxy groups -OCH3 is 4. The second kappa shape index (κ2) is 17.8. The molecule has 2 aromatic carbocycles. The summed E-state index contributed by atoms with van der Waals surface area (Å²) in [5.41, 5.74) is 6.19. The monoisotopic (exact) mass is 723 g/mol. The third-order valence-electron chi connectivity index (χ3n) is 9.57. The van der Waals surface area contributed by atoms with Gasteiger partial charge in [0.25, 0.3) is 23.6 Å². The molecule has 4 rings (SSSR count). The molecule has 0 unspecified atom stereocenters. The highest BCUT2D eigenvalue weighted by Gasteiger charge is 2.29. The van der Waals surface area contributed by atoms with Crippen molar-refractivity contribution in [1.82, 2.24) is 25.8 Å². The maximum absolute atomic E-state index is 13.6. The SMILES string of the molecule is COc1cc(OC)c(C(=O)N[C@H]2CC[C@H](NC(=O)c3cc(C(=O)N[C@H]4CC[C@H](N=C(N(C)C)N(C)C)CC4)c(OC)cc3OC)CC2)cc1C(N)=O. The number of nitrogens with two attached hydrogens (primary N) is 1. The molecule has 0 atom stereocenters. The fourth-order valence-electron chi connectivity index (χ4n) is 6.84. The summed E-state index contributed by atoms with van der Waals surface area (Å²) >= 11 is 0. The van der Waals surface area contributed by atoms with Crippen molar-refractivity contribution in [2.75, 3.05) is 56.6 Å². The number of nitrogens with zero attached hydrogens (tertiary/aromatic N) is 3. The van der Waals surface area contributed by atoms with Gasteiger partial charge in [-0.25, -0.2) is 4.99 Å². The van der Waals surface area contributed by atoms with Gasteiger partial charge >= 0.3 is 0 Å². The smallest absolute Gasteiger partial charge is 0.255 e. The Bertz CT molecular complexity index is 1630. The minimum absolute atomic E-state index is 0.0307. The second-order valence-electron chi connectivity index (χ2n) is 13.6. The van der Waals surface area contributed by atoms with Crippen molar-refractivity contribution in [1.29, 1.82) is 0 Å². The molecule has 0 aromatic heterocycles. The maximum atomic E-state index is 13.6. The van der Waals surface area contributed by atoms with Crippen molar-refractivity contribution < 1.29 is 38.1 Å². The van der Waals surface area contributed by atoms with Crippen molar-refractivity contribution in [2.45, 2.75) is 75.5 Å². The lowest BCUT2D eigenvalue weighted by Crippen LogP contribution is -2.44. The van der Waals surface area contributed by atoms with Gasteiger partial charge in [0.2, 0.25) is 0 Å². The predicted molar refractivity (Wildman–Crippen MR) is 197 cm³/mol. The van der Waals surface area contributed by atoms with Crippen LogP contribution in [-0.2, 0) is 0 Å². The normalized spacial score (nSPS) is 19.7. The Labute approximate surface area is 305 Å². The van der Waals surface area contributed by atoms with Crippen LogP contribution < -0.4 is 40.6 Å². The van der Waals surface area contributed by atoms with Crippen molar-refractivity contribution in [2.24, 2.45) is 10.7 Å². The van der Waals surface area contributed by atoms with Crippen molar-refractivity contribution in [3.05, 3.63) is 46.5 Å². The summed E-state index contributed by atoms with van der Waals surface area (Å²) in [5.74, 6) is 0.120. The average molecular weight is 724 g/mol. The molecule has 5 N–H and O–H groups in total. The van der Waals surface area contributed by atoms with Gasteiger partial charge in [-0.15, -0.1) is 0 Å². The number of hydrogen-bond donors (Lipinski definition) is 4. The molecule has 0 heterocycles. The molecule has 284 valence electrons. The molecule has 2 aliphatic rings. The standard InChI is InChI=1S/C37H53N7O8/c1-43(2)37(44(3)4)42-24-15-13-23(14-16-24)41-36(48)28-18-27(31(51-7)20-32(28)52-8)35(47)40-22-11-9-21(10-12-22)39-34(46)26-17-25(33(38)45)29(49-5)19-30(26)50-6/h17-24H,9-16H2,1-8H3,(H2,38,45)(H,39,46)(H,40,47)(H,41,48)/t21-,22-,23-,24-. The lowest BCUT2D eigenvalue weighted by Gasteiger charge is -2.30. The van der Waals surface area contributed by atoms with E-state index < -0.39 is 11.8 Å². The van der Waals surface area contributed by atoms with E-state index >= 15 is 0 Å². The zero-order chi connectivity index (χ0) is 38.1. The zero-order valence-electron chi connectivity index (χ0n) is 31.5. The van der Waals surface area contributed by atoms with Gasteiger partial charge in [-0.3, -0.25) is 19.2 Å². The lowest BCUT2D eigenvalue weighted by molar-refractivity contribution is 0.0887. The van der Waals surface area contributed by atoms with Gasteiger partial charge in [0, 0.05) is 58.4 Å². The van der Waals surface area contributed by atoms with Crippen LogP contribution in [0.25, 0.3) is 0 Å². The molecule has 0 radical (unpaired) electrons. The van der Waals surface area contributed by atoms with Crippen LogP contribution in [-0.4, -0.2) is 120 Å². The van der Waals surface area contributed by atoms with Gasteiger partial charge in [0.1, 0.15) is 23.0 Å². The van der Waals surface area contributed by atoms with Crippen LogP contribution >= 0.6 is 0 Å². The first-order valence-electron chi connectivity index (χ1n) is 17.5. The zero-order valence-corrected chi connectivity index (χ0v) is 31.5. The molecular formula is C37H53N7O8. The van der Waals surface area contributed by atoms with Crippen molar-refractivity contribution in [3.63, 3.8) is 0 Å². The molecule has 15 nitrogen and oxygen atoms in total. The minimum Gasteiger partial charge on any atom is -0.496 e. The molecule has 2 aromatic rings. The molecule has 15 heteroatoms.